The van der Waals surface area contributed by atoms with Crippen LogP contribution in [-0.2, 0) is 5.41 Å². The minimum atomic E-state index is -0.108. The van der Waals surface area contributed by atoms with Gasteiger partial charge in [-0.1, -0.05) is 224 Å². The van der Waals surface area contributed by atoms with Crippen LogP contribution in [0.3, 0.4) is 0 Å². The predicted octanol–water partition coefficient (Wildman–Crippen LogP) is 19.7. The van der Waals surface area contributed by atoms with Crippen molar-refractivity contribution >= 4 is 34.1 Å². The number of hydrogen-bond acceptors (Lipinski definition) is 2. The molecule has 0 aromatic heterocycles. The average Bonchev–Trinajstić information content (AvgIpc) is 3.65. The molecule has 0 radical (unpaired) electrons. The second-order valence-corrected chi connectivity index (χ2v) is 18.7. The zero-order chi connectivity index (χ0) is 45.7. The summed E-state index contributed by atoms with van der Waals surface area (Å²) in [6.45, 7) is 4.64. The van der Waals surface area contributed by atoms with Crippen LogP contribution in [0.5, 0.6) is 0 Å². The summed E-state index contributed by atoms with van der Waals surface area (Å²) in [5.74, 6) is 0. The Morgan fingerprint density at radius 3 is 0.970 bits per heavy atom. The Kier molecular flexibility index (Phi) is 15.1. The van der Waals surface area contributed by atoms with Crippen molar-refractivity contribution in [3.8, 4) is 33.4 Å². The number of rotatable bonds is 22. The third kappa shape index (κ3) is 10.4. The fraction of sp³-hybridized carbons (Fsp3) is 0.262. The molecule has 0 spiro atoms. The van der Waals surface area contributed by atoms with Gasteiger partial charge in [-0.2, -0.15) is 0 Å². The number of fused-ring (bicyclic) bond motifs is 3. The molecule has 0 heterocycles. The van der Waals surface area contributed by atoms with Crippen molar-refractivity contribution in [2.24, 2.45) is 0 Å². The number of nitrogens with zero attached hydrogens (tertiary/aromatic N) is 2. The van der Waals surface area contributed by atoms with Crippen LogP contribution in [0.1, 0.15) is 115 Å². The zero-order valence-electron chi connectivity index (χ0n) is 39.9. The van der Waals surface area contributed by atoms with Gasteiger partial charge in [-0.15, -0.1) is 0 Å². The highest BCUT2D eigenvalue weighted by Crippen LogP contribution is 2.57. The molecule has 338 valence electrons. The van der Waals surface area contributed by atoms with Gasteiger partial charge >= 0.3 is 0 Å². The van der Waals surface area contributed by atoms with E-state index in [0.717, 1.165) is 18.5 Å². The lowest BCUT2D eigenvalue weighted by atomic mass is 9.70. The van der Waals surface area contributed by atoms with Crippen LogP contribution in [-0.4, -0.2) is 0 Å². The van der Waals surface area contributed by atoms with Crippen LogP contribution in [0.2, 0.25) is 0 Å². The lowest BCUT2D eigenvalue weighted by molar-refractivity contribution is 0.398. The van der Waals surface area contributed by atoms with E-state index in [1.807, 2.05) is 0 Å². The first kappa shape index (κ1) is 45.5. The van der Waals surface area contributed by atoms with Crippen LogP contribution in [0.15, 0.2) is 206 Å². The SMILES string of the molecule is CCCCCCCCC1(CCCCCCCC)c2cc(N(c3ccccc3)c3ccccc3)ccc2-c2ccc(N(c3ccccc3)c3ccc(-c4ccc(-c5ccccc5)cc4)cc3)cc21. The maximum Gasteiger partial charge on any atom is 0.0465 e. The molecule has 0 N–H and O–H groups in total. The molecule has 0 aliphatic heterocycles. The average molecular weight is 877 g/mol. The zero-order valence-corrected chi connectivity index (χ0v) is 39.9. The van der Waals surface area contributed by atoms with E-state index in [-0.39, 0.29) is 5.41 Å². The highest BCUT2D eigenvalue weighted by Gasteiger charge is 2.43. The van der Waals surface area contributed by atoms with Crippen molar-refractivity contribution in [1.82, 2.24) is 0 Å². The van der Waals surface area contributed by atoms with Crippen molar-refractivity contribution in [3.63, 3.8) is 0 Å². The Hall–Kier alpha value is -6.64. The van der Waals surface area contributed by atoms with E-state index < -0.39 is 0 Å². The van der Waals surface area contributed by atoms with Crippen LogP contribution in [0.4, 0.5) is 34.1 Å². The number of unbranched alkanes of at least 4 members (excludes halogenated alkanes) is 10. The molecule has 8 aromatic rings. The first-order valence-corrected chi connectivity index (χ1v) is 25.5. The van der Waals surface area contributed by atoms with Gasteiger partial charge in [0.05, 0.1) is 0 Å². The summed E-state index contributed by atoms with van der Waals surface area (Å²) in [6, 6.07) is 76.5. The molecule has 8 aromatic carbocycles. The van der Waals surface area contributed by atoms with E-state index in [4.69, 9.17) is 0 Å². The minimum absolute atomic E-state index is 0.108. The molecule has 0 unspecified atom stereocenters. The highest BCUT2D eigenvalue weighted by molar-refractivity contribution is 5.89. The first-order chi connectivity index (χ1) is 33.2. The standard InChI is InChI=1S/C65H68N2/c1-3-5-7-9-11-25-47-65(48-26-12-10-8-6-4-2)63-49-59(66(55-29-19-14-20-30-55)56-31-21-15-22-32-56)43-45-61(63)62-46-44-60(50-64(62)65)67(57-33-23-16-24-34-57)58-41-39-54(40-42-58)53-37-35-52(36-38-53)51-27-17-13-18-28-51/h13-24,27-46,49-50H,3-12,25-26,47-48H2,1-2H3. The highest BCUT2D eigenvalue weighted by atomic mass is 15.1. The first-order valence-electron chi connectivity index (χ1n) is 25.5. The summed E-state index contributed by atoms with van der Waals surface area (Å²) in [6.07, 6.45) is 17.8. The fourth-order valence-corrected chi connectivity index (χ4v) is 10.7. The van der Waals surface area contributed by atoms with Crippen LogP contribution in [0, 0.1) is 0 Å². The van der Waals surface area contributed by atoms with Gasteiger partial charge in [-0.05, 0) is 130 Å². The fourth-order valence-electron chi connectivity index (χ4n) is 10.7. The number of para-hydroxylation sites is 3. The predicted molar refractivity (Wildman–Crippen MR) is 289 cm³/mol. The van der Waals surface area contributed by atoms with E-state index >= 15 is 0 Å². The van der Waals surface area contributed by atoms with Gasteiger partial charge in [-0.25, -0.2) is 0 Å². The summed E-state index contributed by atoms with van der Waals surface area (Å²) in [5.41, 5.74) is 17.7. The molecule has 0 fully saturated rings. The third-order valence-electron chi connectivity index (χ3n) is 14.3. The van der Waals surface area contributed by atoms with Gasteiger partial charge < -0.3 is 9.80 Å². The molecule has 1 aliphatic rings. The van der Waals surface area contributed by atoms with Gasteiger partial charge in [0, 0.05) is 39.5 Å². The molecular formula is C65H68N2. The molecule has 0 amide bonds. The Bertz CT molecular complexity index is 2690. The van der Waals surface area contributed by atoms with Gasteiger partial charge in [0.1, 0.15) is 0 Å². The normalized spacial score (nSPS) is 12.4. The third-order valence-corrected chi connectivity index (χ3v) is 14.3. The largest absolute Gasteiger partial charge is 0.310 e. The van der Waals surface area contributed by atoms with Crippen molar-refractivity contribution in [3.05, 3.63) is 217 Å². The van der Waals surface area contributed by atoms with E-state index in [9.17, 15) is 0 Å². The molecule has 67 heavy (non-hydrogen) atoms. The summed E-state index contributed by atoms with van der Waals surface area (Å²) < 4.78 is 0. The summed E-state index contributed by atoms with van der Waals surface area (Å²) >= 11 is 0. The molecule has 2 heteroatoms. The Balaban J connectivity index is 1.14. The molecule has 0 saturated carbocycles. The lowest BCUT2D eigenvalue weighted by Crippen LogP contribution is -2.26. The van der Waals surface area contributed by atoms with Gasteiger partial charge in [0.15, 0.2) is 0 Å². The van der Waals surface area contributed by atoms with Crippen LogP contribution >= 0.6 is 0 Å². The van der Waals surface area contributed by atoms with Crippen molar-refractivity contribution in [2.75, 3.05) is 9.80 Å². The molecule has 0 bridgehead atoms. The monoisotopic (exact) mass is 877 g/mol. The molecule has 0 atom stereocenters. The lowest BCUT2D eigenvalue weighted by Gasteiger charge is -2.35. The van der Waals surface area contributed by atoms with E-state index in [1.54, 1.807) is 0 Å². The van der Waals surface area contributed by atoms with E-state index in [1.165, 1.54) is 150 Å². The Morgan fingerprint density at radius 2 is 0.582 bits per heavy atom. The maximum absolute atomic E-state index is 2.60. The van der Waals surface area contributed by atoms with Gasteiger partial charge in [-0.3, -0.25) is 0 Å². The number of anilines is 6. The minimum Gasteiger partial charge on any atom is -0.310 e. The summed E-state index contributed by atoms with van der Waals surface area (Å²) in [5, 5.41) is 0. The van der Waals surface area contributed by atoms with Crippen molar-refractivity contribution in [1.29, 1.82) is 0 Å². The smallest absolute Gasteiger partial charge is 0.0465 e. The quantitative estimate of drug-likeness (QED) is 0.0626. The summed E-state index contributed by atoms with van der Waals surface area (Å²) in [4.78, 5) is 4.93. The topological polar surface area (TPSA) is 6.48 Å². The molecular weight excluding hydrogens is 809 g/mol. The van der Waals surface area contributed by atoms with E-state index in [0.29, 0.717) is 0 Å². The second kappa shape index (κ2) is 22.2. The number of hydrogen-bond donors (Lipinski definition) is 0. The van der Waals surface area contributed by atoms with Crippen LogP contribution in [0.25, 0.3) is 33.4 Å². The Morgan fingerprint density at radius 1 is 0.284 bits per heavy atom. The van der Waals surface area contributed by atoms with Gasteiger partial charge in [0.25, 0.3) is 0 Å². The maximum atomic E-state index is 2.60. The Labute approximate surface area is 402 Å². The molecule has 9 rings (SSSR count). The molecule has 2 nitrogen and oxygen atoms in total. The number of benzene rings is 8. The van der Waals surface area contributed by atoms with Crippen molar-refractivity contribution < 1.29 is 0 Å². The molecule has 0 saturated heterocycles. The van der Waals surface area contributed by atoms with Gasteiger partial charge in [0.2, 0.25) is 0 Å². The summed E-state index contributed by atoms with van der Waals surface area (Å²) in [7, 11) is 0. The molecule has 1 aliphatic carbocycles. The van der Waals surface area contributed by atoms with E-state index in [2.05, 4.69) is 230 Å². The second-order valence-electron chi connectivity index (χ2n) is 18.7. The van der Waals surface area contributed by atoms with Crippen molar-refractivity contribution in [2.45, 2.75) is 109 Å². The van der Waals surface area contributed by atoms with Crippen LogP contribution < -0.4 is 9.80 Å².